The molecule has 3 N–H and O–H groups in total. The monoisotopic (exact) mass is 106 g/mol. The van der Waals surface area contributed by atoms with Gasteiger partial charge in [0.05, 0.1) is 0 Å². The van der Waals surface area contributed by atoms with Gasteiger partial charge in [-0.15, -0.1) is 0 Å². The molecule has 4 heavy (non-hydrogen) atoms. The summed E-state index contributed by atoms with van der Waals surface area (Å²) in [5.74, 6) is 0. The van der Waals surface area contributed by atoms with Crippen molar-refractivity contribution in [2.24, 2.45) is 5.73 Å². The van der Waals surface area contributed by atoms with Gasteiger partial charge in [-0.25, -0.2) is 0 Å². The van der Waals surface area contributed by atoms with Crippen LogP contribution in [-0.2, 0) is 17.1 Å². The molecule has 0 aromatic rings. The maximum atomic E-state index is 5.74. The molecular weight excluding hydrogens is 104 g/mol. The molecule has 0 amide bonds. The quantitative estimate of drug-likeness (QED) is 0.140. The van der Waals surface area contributed by atoms with Crippen LogP contribution in [0, 0.1) is 5.41 Å². The molecule has 0 aliphatic heterocycles. The molecule has 0 saturated carbocycles. The Morgan fingerprint density at radius 1 is 1.75 bits per heavy atom. The van der Waals surface area contributed by atoms with Crippen LogP contribution in [0.1, 0.15) is 0 Å². The summed E-state index contributed by atoms with van der Waals surface area (Å²) in [6, 6.07) is 0. The van der Waals surface area contributed by atoms with E-state index in [9.17, 15) is 0 Å². The van der Waals surface area contributed by atoms with Crippen LogP contribution in [0.15, 0.2) is 0 Å². The molecule has 2 nitrogen and oxygen atoms in total. The van der Waals surface area contributed by atoms with Gasteiger partial charge in [-0.3, -0.25) is 0 Å². The Bertz CT molecular complexity index is 13.5. The summed E-state index contributed by atoms with van der Waals surface area (Å²) in [6.07, 6.45) is 1.50. The Morgan fingerprint density at radius 2 is 1.75 bits per heavy atom. The van der Waals surface area contributed by atoms with Crippen molar-refractivity contribution >= 4 is 6.34 Å². The Kier molecular flexibility index (Phi) is 27.2. The van der Waals surface area contributed by atoms with Gasteiger partial charge in [0.2, 0.25) is 0 Å². The van der Waals surface area contributed by atoms with Crippen molar-refractivity contribution in [3.05, 3.63) is 0 Å². The third kappa shape index (κ3) is 17600. The molecule has 0 fully saturated rings. The second-order valence-corrected chi connectivity index (χ2v) is 0.144. The fourth-order valence-corrected chi connectivity index (χ4v) is 0. The maximum absolute atomic E-state index is 5.74. The number of nitrogens with two attached hydrogens (primary N) is 1. The van der Waals surface area contributed by atoms with Crippen LogP contribution in [0.5, 0.6) is 0 Å². The molecule has 0 aliphatic carbocycles. The third-order valence-electron chi connectivity index (χ3n) is 0. The standard InChI is InChI=1S/CH3N2.Cu/c2-1-3;/h(H3,2,3);/q-1;+1. The Morgan fingerprint density at radius 3 is 1.75 bits per heavy atom. The van der Waals surface area contributed by atoms with Crippen molar-refractivity contribution in [3.8, 4) is 0 Å². The molecular formula is CH3CuN2. The minimum Gasteiger partial charge on any atom is -0.563 e. The van der Waals surface area contributed by atoms with E-state index >= 15 is 0 Å². The van der Waals surface area contributed by atoms with Gasteiger partial charge in [0.1, 0.15) is 0 Å². The van der Waals surface area contributed by atoms with Crippen molar-refractivity contribution < 1.29 is 17.1 Å². The number of rotatable bonds is 0. The summed E-state index contributed by atoms with van der Waals surface area (Å²) < 4.78 is 0. The SMILES string of the molecule is N=[C-]N.[Cu+]. The van der Waals surface area contributed by atoms with Crippen molar-refractivity contribution in [2.45, 2.75) is 0 Å². The first-order valence-electron chi connectivity index (χ1n) is 0.539. The van der Waals surface area contributed by atoms with E-state index < -0.39 is 0 Å². The minimum absolute atomic E-state index is 0. The van der Waals surface area contributed by atoms with Crippen molar-refractivity contribution in [1.29, 1.82) is 5.41 Å². The molecule has 0 rings (SSSR count). The van der Waals surface area contributed by atoms with Crippen molar-refractivity contribution in [2.75, 3.05) is 0 Å². The summed E-state index contributed by atoms with van der Waals surface area (Å²) >= 11 is 0. The van der Waals surface area contributed by atoms with E-state index in [2.05, 4.69) is 5.73 Å². The zero-order valence-corrected chi connectivity index (χ0v) is 2.82. The van der Waals surface area contributed by atoms with Crippen LogP contribution in [-0.4, -0.2) is 6.34 Å². The Balaban J connectivity index is 0. The topological polar surface area (TPSA) is 49.9 Å². The number of hydrogen-bond acceptors (Lipinski definition) is 1. The molecule has 0 radical (unpaired) electrons. The first-order chi connectivity index (χ1) is 1.41. The van der Waals surface area contributed by atoms with E-state index in [4.69, 9.17) is 5.41 Å². The van der Waals surface area contributed by atoms with Crippen LogP contribution >= 0.6 is 0 Å². The summed E-state index contributed by atoms with van der Waals surface area (Å²) in [5.41, 5.74) is 4.26. The van der Waals surface area contributed by atoms with Crippen LogP contribution in [0.2, 0.25) is 0 Å². The first kappa shape index (κ1) is 9.01. The fraction of sp³-hybridized carbons (Fsp3) is 0. The van der Waals surface area contributed by atoms with Crippen LogP contribution in [0.4, 0.5) is 0 Å². The Hall–Kier alpha value is -0.0105. The van der Waals surface area contributed by atoms with E-state index in [1.165, 1.54) is 6.34 Å². The molecule has 28 valence electrons. The molecule has 0 atom stereocenters. The van der Waals surface area contributed by atoms with Gasteiger partial charge in [-0.2, -0.15) is 0 Å². The van der Waals surface area contributed by atoms with Crippen molar-refractivity contribution in [1.82, 2.24) is 0 Å². The summed E-state index contributed by atoms with van der Waals surface area (Å²) in [7, 11) is 0. The van der Waals surface area contributed by atoms with Crippen LogP contribution in [0.3, 0.4) is 0 Å². The van der Waals surface area contributed by atoms with Gasteiger partial charge in [-0.1, -0.05) is 0 Å². The predicted molar refractivity (Wildman–Crippen MR) is 11.9 cm³/mol. The zero-order chi connectivity index (χ0) is 2.71. The van der Waals surface area contributed by atoms with E-state index in [0.717, 1.165) is 0 Å². The van der Waals surface area contributed by atoms with Crippen LogP contribution < -0.4 is 5.73 Å². The largest absolute Gasteiger partial charge is 1.00 e. The Labute approximate surface area is 35.4 Å². The van der Waals surface area contributed by atoms with Gasteiger partial charge in [0.15, 0.2) is 0 Å². The average Bonchev–Trinajstić information content (AvgIpc) is 0.918. The molecule has 0 aliphatic rings. The zero-order valence-electron chi connectivity index (χ0n) is 1.88. The van der Waals surface area contributed by atoms with Gasteiger partial charge in [0.25, 0.3) is 0 Å². The predicted octanol–water partition coefficient (Wildman–Crippen LogP) is -0.573. The van der Waals surface area contributed by atoms with E-state index in [1.807, 2.05) is 0 Å². The molecule has 0 aromatic heterocycles. The first-order valence-corrected chi connectivity index (χ1v) is 0.539. The number of hydrogen-bond donors (Lipinski definition) is 2. The van der Waals surface area contributed by atoms with Gasteiger partial charge < -0.3 is 17.5 Å². The van der Waals surface area contributed by atoms with Crippen molar-refractivity contribution in [3.63, 3.8) is 0 Å². The van der Waals surface area contributed by atoms with E-state index in [1.54, 1.807) is 0 Å². The molecule has 0 heterocycles. The molecule has 0 aromatic carbocycles. The fourth-order valence-electron chi connectivity index (χ4n) is 0. The molecule has 0 unspecified atom stereocenters. The minimum atomic E-state index is 0. The average molecular weight is 107 g/mol. The normalized spacial score (nSPS) is 3.00. The second kappa shape index (κ2) is 12.1. The number of nitrogens with one attached hydrogen (secondary N) is 1. The second-order valence-electron chi connectivity index (χ2n) is 0.144. The smallest absolute Gasteiger partial charge is 0.563 e. The van der Waals surface area contributed by atoms with Gasteiger partial charge >= 0.3 is 17.1 Å². The van der Waals surface area contributed by atoms with Gasteiger partial charge in [0, 0.05) is 0 Å². The third-order valence-corrected chi connectivity index (χ3v) is 0. The molecule has 0 spiro atoms. The summed E-state index contributed by atoms with van der Waals surface area (Å²) in [4.78, 5) is 0. The van der Waals surface area contributed by atoms with Crippen LogP contribution in [0.25, 0.3) is 0 Å². The van der Waals surface area contributed by atoms with E-state index in [-0.39, 0.29) is 17.1 Å². The van der Waals surface area contributed by atoms with E-state index in [0.29, 0.717) is 0 Å². The van der Waals surface area contributed by atoms with Gasteiger partial charge in [-0.05, 0) is 0 Å². The summed E-state index contributed by atoms with van der Waals surface area (Å²) in [6.45, 7) is 0. The molecule has 0 saturated heterocycles. The maximum Gasteiger partial charge on any atom is 1.00 e. The molecule has 0 bridgehead atoms. The molecule has 3 heteroatoms. The summed E-state index contributed by atoms with van der Waals surface area (Å²) in [5, 5.41) is 5.74.